The van der Waals surface area contributed by atoms with Crippen molar-refractivity contribution < 1.29 is 31.8 Å². The lowest BCUT2D eigenvalue weighted by Crippen LogP contribution is -2.52. The number of rotatable bonds is 7. The zero-order valence-electron chi connectivity index (χ0n) is 16.2. The monoisotopic (exact) mass is 471 g/mol. The van der Waals surface area contributed by atoms with Gasteiger partial charge in [0.2, 0.25) is 5.91 Å². The summed E-state index contributed by atoms with van der Waals surface area (Å²) in [7, 11) is 0. The van der Waals surface area contributed by atoms with Crippen LogP contribution in [0.1, 0.15) is 12.0 Å². The fourth-order valence-electron chi connectivity index (χ4n) is 2.63. The molecule has 8 nitrogen and oxygen atoms in total. The maximum absolute atomic E-state index is 13.3. The van der Waals surface area contributed by atoms with Gasteiger partial charge in [0, 0.05) is 29.4 Å². The van der Waals surface area contributed by atoms with E-state index < -0.39 is 29.6 Å². The molecule has 0 radical (unpaired) electrons. The van der Waals surface area contributed by atoms with Crippen LogP contribution in [0.2, 0.25) is 0 Å². The predicted octanol–water partition coefficient (Wildman–Crippen LogP) is 3.54. The minimum Gasteiger partial charge on any atom is -0.421 e. The lowest BCUT2D eigenvalue weighted by atomic mass is 10.2. The first-order valence-electron chi connectivity index (χ1n) is 8.91. The summed E-state index contributed by atoms with van der Waals surface area (Å²) < 4.78 is 61.1. The number of fused-ring (bicyclic) bond motifs is 1. The van der Waals surface area contributed by atoms with Crippen LogP contribution < -0.4 is 25.8 Å². The van der Waals surface area contributed by atoms with E-state index in [2.05, 4.69) is 49.4 Å². The van der Waals surface area contributed by atoms with Gasteiger partial charge in [-0.3, -0.25) is 4.79 Å². The Morgan fingerprint density at radius 3 is 2.50 bits per heavy atom. The van der Waals surface area contributed by atoms with E-state index in [1.807, 2.05) is 0 Å². The highest BCUT2D eigenvalue weighted by molar-refractivity contribution is 7.84. The number of carbonyl (C=O) groups excluding carboxylic acids is 1. The van der Waals surface area contributed by atoms with Crippen LogP contribution in [0.4, 0.5) is 29.1 Å². The number of carbonyl (C=O) groups is 1. The average Bonchev–Trinajstić information content (AvgIpc) is 2.69. The number of halogens is 4. The summed E-state index contributed by atoms with van der Waals surface area (Å²) in [6, 6.07) is 6.50. The van der Waals surface area contributed by atoms with Gasteiger partial charge in [-0.15, -0.1) is 12.6 Å². The number of hydrogen-bond donors (Lipinski definition) is 4. The second kappa shape index (κ2) is 8.94. The molecule has 0 unspecified atom stereocenters. The number of nitrogens with zero attached hydrogens (tertiary/aromatic N) is 2. The number of nitrogen functional groups attached to an aromatic ring is 1. The lowest BCUT2D eigenvalue weighted by Gasteiger charge is -2.31. The number of nitrogens with two attached hydrogens (primary N) is 1. The standard InChI is InChI=1S/C19H17F4N5O3S/c1-25-17(27-9-10-4-5-26-15(24)6-10)14(32)8-16(29)28-11-2-3-12-13(7-11)31-19(22,23)18(20,21)30-12/h2-7,27,32H,1,8-9H2,(H2,24,26)(H,28,29)/b17-14+. The summed E-state index contributed by atoms with van der Waals surface area (Å²) in [6.07, 6.45) is -8.39. The molecule has 2 heterocycles. The number of pyridine rings is 1. The molecule has 32 heavy (non-hydrogen) atoms. The van der Waals surface area contributed by atoms with Gasteiger partial charge in [0.15, 0.2) is 11.5 Å². The van der Waals surface area contributed by atoms with Gasteiger partial charge in [-0.25, -0.2) is 9.98 Å². The molecule has 2 aromatic rings. The summed E-state index contributed by atoms with van der Waals surface area (Å²) in [6.45, 7) is 3.74. The molecule has 0 atom stereocenters. The van der Waals surface area contributed by atoms with Crippen molar-refractivity contribution >= 4 is 36.8 Å². The molecule has 1 aliphatic heterocycles. The number of amides is 1. The Hall–Kier alpha value is -3.48. The zero-order valence-corrected chi connectivity index (χ0v) is 17.1. The van der Waals surface area contributed by atoms with Crippen molar-refractivity contribution in [1.29, 1.82) is 0 Å². The SMILES string of the molecule is C=N/C(NCc1ccnc(N)c1)=C(\S)CC(=O)Nc1ccc2c(c1)OC(F)(F)C(F)(F)O2. The van der Waals surface area contributed by atoms with Crippen LogP contribution in [-0.2, 0) is 11.3 Å². The molecule has 0 aliphatic carbocycles. The molecular weight excluding hydrogens is 454 g/mol. The Morgan fingerprint density at radius 1 is 1.16 bits per heavy atom. The molecule has 13 heteroatoms. The van der Waals surface area contributed by atoms with Gasteiger partial charge >= 0.3 is 12.2 Å². The van der Waals surface area contributed by atoms with Crippen molar-refractivity contribution in [1.82, 2.24) is 10.3 Å². The van der Waals surface area contributed by atoms with E-state index in [-0.39, 0.29) is 22.8 Å². The van der Waals surface area contributed by atoms with Crippen LogP contribution >= 0.6 is 12.6 Å². The largest absolute Gasteiger partial charge is 0.507 e. The van der Waals surface area contributed by atoms with Gasteiger partial charge in [-0.1, -0.05) is 0 Å². The topological polar surface area (TPSA) is 111 Å². The van der Waals surface area contributed by atoms with Gasteiger partial charge in [-0.2, -0.15) is 17.6 Å². The maximum atomic E-state index is 13.3. The van der Waals surface area contributed by atoms with Crippen molar-refractivity contribution in [3.05, 3.63) is 52.8 Å². The first kappa shape index (κ1) is 23.2. The van der Waals surface area contributed by atoms with E-state index in [1.165, 1.54) is 12.3 Å². The first-order chi connectivity index (χ1) is 15.0. The molecular formula is C19H17F4N5O3S. The van der Waals surface area contributed by atoms with E-state index in [0.29, 0.717) is 12.4 Å². The third-order valence-corrected chi connectivity index (χ3v) is 4.48. The van der Waals surface area contributed by atoms with E-state index in [0.717, 1.165) is 17.7 Å². The summed E-state index contributed by atoms with van der Waals surface area (Å²) in [4.78, 5) is 20.2. The number of thiol groups is 1. The Kier molecular flexibility index (Phi) is 6.48. The Bertz CT molecular complexity index is 1080. The van der Waals surface area contributed by atoms with E-state index in [9.17, 15) is 22.4 Å². The summed E-state index contributed by atoms with van der Waals surface area (Å²) in [5, 5.41) is 5.39. The van der Waals surface area contributed by atoms with Crippen LogP contribution in [0.25, 0.3) is 0 Å². The minimum absolute atomic E-state index is 0.0211. The number of hydrogen-bond acceptors (Lipinski definition) is 8. The van der Waals surface area contributed by atoms with Crippen LogP contribution in [-0.4, -0.2) is 29.8 Å². The Morgan fingerprint density at radius 2 is 1.84 bits per heavy atom. The number of aliphatic imine (C=N–C) groups is 1. The van der Waals surface area contributed by atoms with Gasteiger partial charge < -0.3 is 25.8 Å². The smallest absolute Gasteiger partial charge is 0.421 e. The highest BCUT2D eigenvalue weighted by atomic mass is 32.1. The molecule has 0 bridgehead atoms. The second-order valence-corrected chi connectivity index (χ2v) is 7.06. The third kappa shape index (κ3) is 5.22. The van der Waals surface area contributed by atoms with Gasteiger partial charge in [0.1, 0.15) is 11.6 Å². The molecule has 1 aromatic heterocycles. The number of benzene rings is 1. The summed E-state index contributed by atoms with van der Waals surface area (Å²) >= 11 is 4.26. The molecule has 0 saturated heterocycles. The van der Waals surface area contributed by atoms with Crippen LogP contribution in [0.3, 0.4) is 0 Å². The van der Waals surface area contributed by atoms with Crippen molar-refractivity contribution in [2.24, 2.45) is 4.99 Å². The second-order valence-electron chi connectivity index (χ2n) is 6.52. The minimum atomic E-state index is -4.86. The molecule has 0 spiro atoms. The maximum Gasteiger partial charge on any atom is 0.507 e. The molecule has 1 aromatic carbocycles. The van der Waals surface area contributed by atoms with Crippen molar-refractivity contribution in [3.8, 4) is 11.5 Å². The molecule has 170 valence electrons. The first-order valence-corrected chi connectivity index (χ1v) is 9.36. The number of ether oxygens (including phenoxy) is 2. The van der Waals surface area contributed by atoms with Crippen LogP contribution in [0, 0.1) is 0 Å². The highest BCUT2D eigenvalue weighted by Gasteiger charge is 2.65. The Balaban J connectivity index is 1.65. The molecule has 0 saturated carbocycles. The van der Waals surface area contributed by atoms with Gasteiger partial charge in [-0.05, 0) is 36.5 Å². The fraction of sp³-hybridized carbons (Fsp3) is 0.211. The average molecular weight is 471 g/mol. The van der Waals surface area contributed by atoms with Crippen LogP contribution in [0.5, 0.6) is 11.5 Å². The number of alkyl halides is 4. The lowest BCUT2D eigenvalue weighted by molar-refractivity contribution is -0.391. The highest BCUT2D eigenvalue weighted by Crippen LogP contribution is 2.47. The number of anilines is 2. The molecule has 3 rings (SSSR count). The molecule has 0 fully saturated rings. The quantitative estimate of drug-likeness (QED) is 0.279. The van der Waals surface area contributed by atoms with Crippen LogP contribution in [0.15, 0.2) is 52.2 Å². The molecule has 1 aliphatic rings. The van der Waals surface area contributed by atoms with E-state index in [4.69, 9.17) is 5.73 Å². The number of nitrogens with one attached hydrogen (secondary N) is 2. The van der Waals surface area contributed by atoms with Gasteiger partial charge in [0.05, 0.1) is 6.42 Å². The van der Waals surface area contributed by atoms with E-state index >= 15 is 0 Å². The predicted molar refractivity (Wildman–Crippen MR) is 112 cm³/mol. The van der Waals surface area contributed by atoms with E-state index in [1.54, 1.807) is 12.1 Å². The van der Waals surface area contributed by atoms with Crippen molar-refractivity contribution in [2.45, 2.75) is 25.2 Å². The summed E-state index contributed by atoms with van der Waals surface area (Å²) in [5.41, 5.74) is 6.45. The third-order valence-electron chi connectivity index (χ3n) is 4.11. The normalized spacial score (nSPS) is 16.5. The zero-order chi connectivity index (χ0) is 23.5. The fourth-order valence-corrected chi connectivity index (χ4v) is 2.92. The van der Waals surface area contributed by atoms with Gasteiger partial charge in [0.25, 0.3) is 0 Å². The van der Waals surface area contributed by atoms with Crippen molar-refractivity contribution in [2.75, 3.05) is 11.1 Å². The summed E-state index contributed by atoms with van der Waals surface area (Å²) in [5.74, 6) is -1.24. The Labute approximate surface area is 184 Å². The molecule has 1 amide bonds. The molecule has 4 N–H and O–H groups in total. The van der Waals surface area contributed by atoms with Crippen molar-refractivity contribution in [3.63, 3.8) is 0 Å². The number of aromatic nitrogens is 1.